The first kappa shape index (κ1) is 7.79. The summed E-state index contributed by atoms with van der Waals surface area (Å²) in [5.74, 6) is 0. The molecule has 2 aromatic rings. The molecular weight excluding hydrogens is 168 g/mol. The van der Waals surface area contributed by atoms with Crippen molar-refractivity contribution >= 4 is 16.6 Å². The van der Waals surface area contributed by atoms with Gasteiger partial charge in [-0.05, 0) is 18.6 Å². The summed E-state index contributed by atoms with van der Waals surface area (Å²) >= 11 is 0. The van der Waals surface area contributed by atoms with E-state index in [1.807, 2.05) is 19.1 Å². The van der Waals surface area contributed by atoms with Crippen LogP contribution in [0, 0.1) is 17.0 Å². The van der Waals surface area contributed by atoms with Crippen LogP contribution >= 0.6 is 0 Å². The summed E-state index contributed by atoms with van der Waals surface area (Å²) in [6.45, 7) is 1.92. The quantitative estimate of drug-likeness (QED) is 0.535. The molecule has 0 bridgehead atoms. The average molecular weight is 176 g/mol. The molecule has 0 aliphatic carbocycles. The van der Waals surface area contributed by atoms with Crippen LogP contribution in [-0.2, 0) is 0 Å². The number of aromatic amines is 1. The van der Waals surface area contributed by atoms with Gasteiger partial charge in [0.2, 0.25) is 0 Å². The van der Waals surface area contributed by atoms with Crippen molar-refractivity contribution in [3.8, 4) is 0 Å². The molecule has 0 aliphatic heterocycles. The SMILES string of the molecule is Cc1cccc2c([N+](=O)[O-])c[nH]c12. The third-order valence-electron chi connectivity index (χ3n) is 2.10. The van der Waals surface area contributed by atoms with Crippen molar-refractivity contribution in [2.45, 2.75) is 6.92 Å². The summed E-state index contributed by atoms with van der Waals surface area (Å²) in [7, 11) is 0. The Labute approximate surface area is 74.3 Å². The summed E-state index contributed by atoms with van der Waals surface area (Å²) in [4.78, 5) is 13.1. The van der Waals surface area contributed by atoms with E-state index in [4.69, 9.17) is 0 Å². The van der Waals surface area contributed by atoms with E-state index < -0.39 is 0 Å². The first-order valence-electron chi connectivity index (χ1n) is 3.91. The Morgan fingerprint density at radius 2 is 2.23 bits per heavy atom. The maximum atomic E-state index is 10.6. The number of nitrogens with one attached hydrogen (secondary N) is 1. The fourth-order valence-corrected chi connectivity index (χ4v) is 1.44. The second-order valence-corrected chi connectivity index (χ2v) is 2.93. The van der Waals surface area contributed by atoms with Crippen LogP contribution in [0.3, 0.4) is 0 Å². The molecule has 0 saturated carbocycles. The van der Waals surface area contributed by atoms with Crippen molar-refractivity contribution in [3.05, 3.63) is 40.1 Å². The van der Waals surface area contributed by atoms with Gasteiger partial charge in [0.1, 0.15) is 0 Å². The van der Waals surface area contributed by atoms with Crippen LogP contribution in [0.25, 0.3) is 10.9 Å². The van der Waals surface area contributed by atoms with Gasteiger partial charge in [-0.1, -0.05) is 12.1 Å². The molecule has 1 aromatic carbocycles. The fraction of sp³-hybridized carbons (Fsp3) is 0.111. The lowest BCUT2D eigenvalue weighted by atomic mass is 10.1. The molecular formula is C9H8N2O2. The highest BCUT2D eigenvalue weighted by atomic mass is 16.6. The van der Waals surface area contributed by atoms with Crippen LogP contribution in [-0.4, -0.2) is 9.91 Å². The predicted molar refractivity (Wildman–Crippen MR) is 49.7 cm³/mol. The molecule has 4 heteroatoms. The van der Waals surface area contributed by atoms with E-state index in [9.17, 15) is 10.1 Å². The number of aromatic nitrogens is 1. The Hall–Kier alpha value is -1.84. The number of nitro groups is 1. The average Bonchev–Trinajstić information content (AvgIpc) is 2.48. The Morgan fingerprint density at radius 1 is 1.46 bits per heavy atom. The molecule has 4 nitrogen and oxygen atoms in total. The van der Waals surface area contributed by atoms with Crippen molar-refractivity contribution in [1.82, 2.24) is 4.98 Å². The number of hydrogen-bond donors (Lipinski definition) is 1. The van der Waals surface area contributed by atoms with Crippen molar-refractivity contribution in [1.29, 1.82) is 0 Å². The zero-order valence-corrected chi connectivity index (χ0v) is 7.07. The van der Waals surface area contributed by atoms with E-state index in [0.29, 0.717) is 5.39 Å². The first-order valence-corrected chi connectivity index (χ1v) is 3.91. The Kier molecular flexibility index (Phi) is 1.55. The summed E-state index contributed by atoms with van der Waals surface area (Å²) in [5, 5.41) is 11.2. The van der Waals surface area contributed by atoms with Crippen molar-refractivity contribution in [3.63, 3.8) is 0 Å². The molecule has 66 valence electrons. The second-order valence-electron chi connectivity index (χ2n) is 2.93. The maximum Gasteiger partial charge on any atom is 0.294 e. The van der Waals surface area contributed by atoms with E-state index in [2.05, 4.69) is 4.98 Å². The summed E-state index contributed by atoms with van der Waals surface area (Å²) in [6, 6.07) is 5.48. The van der Waals surface area contributed by atoms with Gasteiger partial charge in [-0.2, -0.15) is 0 Å². The van der Waals surface area contributed by atoms with Gasteiger partial charge < -0.3 is 4.98 Å². The van der Waals surface area contributed by atoms with Crippen LogP contribution in [0.1, 0.15) is 5.56 Å². The standard InChI is InChI=1S/C9H8N2O2/c1-6-3-2-4-7-8(11(12)13)5-10-9(6)7/h2-5,10H,1H3. The van der Waals surface area contributed by atoms with E-state index in [0.717, 1.165) is 11.1 Å². The van der Waals surface area contributed by atoms with Crippen LogP contribution in [0.2, 0.25) is 0 Å². The molecule has 1 aromatic heterocycles. The van der Waals surface area contributed by atoms with Crippen LogP contribution in [0.5, 0.6) is 0 Å². The molecule has 0 radical (unpaired) electrons. The number of nitrogens with zero attached hydrogens (tertiary/aromatic N) is 1. The van der Waals surface area contributed by atoms with Gasteiger partial charge in [0.25, 0.3) is 5.69 Å². The number of rotatable bonds is 1. The van der Waals surface area contributed by atoms with Gasteiger partial charge in [0.15, 0.2) is 0 Å². The van der Waals surface area contributed by atoms with E-state index >= 15 is 0 Å². The molecule has 1 heterocycles. The van der Waals surface area contributed by atoms with Gasteiger partial charge in [-0.15, -0.1) is 0 Å². The molecule has 0 spiro atoms. The summed E-state index contributed by atoms with van der Waals surface area (Å²) in [6.07, 6.45) is 1.43. The number of H-pyrrole nitrogens is 1. The molecule has 0 amide bonds. The van der Waals surface area contributed by atoms with E-state index in [1.54, 1.807) is 6.07 Å². The zero-order chi connectivity index (χ0) is 9.42. The van der Waals surface area contributed by atoms with Gasteiger partial charge in [-0.25, -0.2) is 0 Å². The maximum absolute atomic E-state index is 10.6. The largest absolute Gasteiger partial charge is 0.355 e. The van der Waals surface area contributed by atoms with Gasteiger partial charge in [-0.3, -0.25) is 10.1 Å². The Bertz CT molecular complexity index is 473. The van der Waals surface area contributed by atoms with Crippen LogP contribution in [0.15, 0.2) is 24.4 Å². The number of aryl methyl sites for hydroxylation is 1. The van der Waals surface area contributed by atoms with Crippen LogP contribution in [0.4, 0.5) is 5.69 Å². The monoisotopic (exact) mass is 176 g/mol. The minimum atomic E-state index is -0.377. The molecule has 1 N–H and O–H groups in total. The van der Waals surface area contributed by atoms with Crippen molar-refractivity contribution in [2.75, 3.05) is 0 Å². The molecule has 2 rings (SSSR count). The number of fused-ring (bicyclic) bond motifs is 1. The smallest absolute Gasteiger partial charge is 0.294 e. The molecule has 0 fully saturated rings. The highest BCUT2D eigenvalue weighted by Gasteiger charge is 2.13. The second kappa shape index (κ2) is 2.58. The minimum absolute atomic E-state index is 0.138. The van der Waals surface area contributed by atoms with Crippen molar-refractivity contribution < 1.29 is 4.92 Å². The number of benzene rings is 1. The topological polar surface area (TPSA) is 58.9 Å². The predicted octanol–water partition coefficient (Wildman–Crippen LogP) is 2.38. The molecule has 0 atom stereocenters. The Morgan fingerprint density at radius 3 is 2.92 bits per heavy atom. The first-order chi connectivity index (χ1) is 6.20. The van der Waals surface area contributed by atoms with Gasteiger partial charge in [0, 0.05) is 0 Å². The fourth-order valence-electron chi connectivity index (χ4n) is 1.44. The Balaban J connectivity index is 2.83. The zero-order valence-electron chi connectivity index (χ0n) is 7.07. The third-order valence-corrected chi connectivity index (χ3v) is 2.10. The normalized spacial score (nSPS) is 10.5. The third kappa shape index (κ3) is 1.07. The molecule has 0 aliphatic rings. The van der Waals surface area contributed by atoms with Crippen LogP contribution < -0.4 is 0 Å². The lowest BCUT2D eigenvalue weighted by Crippen LogP contribution is -1.84. The highest BCUT2D eigenvalue weighted by Crippen LogP contribution is 2.26. The number of para-hydroxylation sites is 1. The lowest BCUT2D eigenvalue weighted by Gasteiger charge is -1.93. The van der Waals surface area contributed by atoms with E-state index in [1.165, 1.54) is 6.20 Å². The summed E-state index contributed by atoms with van der Waals surface area (Å²) < 4.78 is 0. The van der Waals surface area contributed by atoms with E-state index in [-0.39, 0.29) is 10.6 Å². The lowest BCUT2D eigenvalue weighted by molar-refractivity contribution is -0.383. The highest BCUT2D eigenvalue weighted by molar-refractivity contribution is 5.90. The van der Waals surface area contributed by atoms with Gasteiger partial charge >= 0.3 is 0 Å². The minimum Gasteiger partial charge on any atom is -0.355 e. The molecule has 0 unspecified atom stereocenters. The molecule has 0 saturated heterocycles. The van der Waals surface area contributed by atoms with Gasteiger partial charge in [0.05, 0.1) is 22.0 Å². The molecule has 13 heavy (non-hydrogen) atoms. The number of hydrogen-bond acceptors (Lipinski definition) is 2. The summed E-state index contributed by atoms with van der Waals surface area (Å²) in [5.41, 5.74) is 2.00. The van der Waals surface area contributed by atoms with Crippen molar-refractivity contribution in [2.24, 2.45) is 0 Å².